The van der Waals surface area contributed by atoms with E-state index in [4.69, 9.17) is 9.57 Å². The van der Waals surface area contributed by atoms with Crippen molar-refractivity contribution in [3.8, 4) is 5.75 Å². The van der Waals surface area contributed by atoms with Crippen LogP contribution in [0.5, 0.6) is 5.75 Å². The summed E-state index contributed by atoms with van der Waals surface area (Å²) in [5.41, 5.74) is 5.28. The number of rotatable bonds is 7. The van der Waals surface area contributed by atoms with Crippen LogP contribution >= 0.6 is 0 Å². The van der Waals surface area contributed by atoms with Crippen LogP contribution in [-0.4, -0.2) is 48.2 Å². The van der Waals surface area contributed by atoms with Crippen molar-refractivity contribution in [3.63, 3.8) is 0 Å². The Bertz CT molecular complexity index is 1290. The smallest absolute Gasteiger partial charge is 0.255 e. The number of fused-ring (bicyclic) bond motifs is 1. The molecule has 2 aromatic heterocycles. The summed E-state index contributed by atoms with van der Waals surface area (Å²) in [6.45, 7) is 0.768. The van der Waals surface area contributed by atoms with Gasteiger partial charge in [-0.15, -0.1) is 0 Å². The van der Waals surface area contributed by atoms with Crippen LogP contribution < -0.4 is 20.4 Å². The van der Waals surface area contributed by atoms with Crippen molar-refractivity contribution < 1.29 is 23.6 Å². The number of hydroxylamine groups is 1. The number of nitrogens with zero attached hydrogens (tertiary/aromatic N) is 3. The number of nitrogens with one attached hydrogen (secondary N) is 2. The number of hydrogen-bond donors (Lipinski definition) is 2. The first kappa shape index (κ1) is 25.0. The SMILES string of the molecule is CONC(=O)C1CCC(NC(=O)c2cnn3cccc(N4CCCC4c4cc(F)ccc4OC)c23)CC1. The van der Waals surface area contributed by atoms with Crippen LogP contribution in [0, 0.1) is 11.7 Å². The average Bonchev–Trinajstić information content (AvgIpc) is 3.57. The van der Waals surface area contributed by atoms with E-state index >= 15 is 0 Å². The Morgan fingerprint density at radius 3 is 2.68 bits per heavy atom. The van der Waals surface area contributed by atoms with Gasteiger partial charge in [-0.05, 0) is 68.9 Å². The largest absolute Gasteiger partial charge is 0.496 e. The summed E-state index contributed by atoms with van der Waals surface area (Å²) in [5.74, 6) is -0.0734. The molecular weight excluding hydrogens is 477 g/mol. The number of ether oxygens (including phenoxy) is 1. The van der Waals surface area contributed by atoms with E-state index in [-0.39, 0.29) is 35.6 Å². The fraction of sp³-hybridized carbons (Fsp3) is 0.444. The number of aromatic nitrogens is 2. The molecule has 1 atom stereocenters. The van der Waals surface area contributed by atoms with E-state index in [1.807, 2.05) is 18.3 Å². The van der Waals surface area contributed by atoms with E-state index in [1.54, 1.807) is 23.9 Å². The van der Waals surface area contributed by atoms with Gasteiger partial charge in [-0.1, -0.05) is 0 Å². The molecule has 3 aromatic rings. The molecule has 2 N–H and O–H groups in total. The number of benzene rings is 1. The Morgan fingerprint density at radius 2 is 1.92 bits per heavy atom. The molecule has 37 heavy (non-hydrogen) atoms. The number of hydrogen-bond acceptors (Lipinski definition) is 6. The lowest BCUT2D eigenvalue weighted by Crippen LogP contribution is -2.40. The molecule has 0 spiro atoms. The molecule has 196 valence electrons. The normalized spacial score (nSPS) is 21.7. The monoisotopic (exact) mass is 509 g/mol. The Kier molecular flexibility index (Phi) is 7.27. The second kappa shape index (κ2) is 10.8. The van der Waals surface area contributed by atoms with Gasteiger partial charge in [-0.2, -0.15) is 5.10 Å². The average molecular weight is 510 g/mol. The maximum absolute atomic E-state index is 14.2. The van der Waals surface area contributed by atoms with Crippen molar-refractivity contribution in [2.75, 3.05) is 25.7 Å². The Balaban J connectivity index is 1.39. The van der Waals surface area contributed by atoms with E-state index in [0.29, 0.717) is 37.0 Å². The molecular formula is C27H32FN5O4. The van der Waals surface area contributed by atoms with Gasteiger partial charge in [0.25, 0.3) is 5.91 Å². The molecule has 1 saturated heterocycles. The van der Waals surface area contributed by atoms with Crippen molar-refractivity contribution >= 4 is 23.0 Å². The predicted molar refractivity (Wildman–Crippen MR) is 136 cm³/mol. The lowest BCUT2D eigenvalue weighted by atomic mass is 9.85. The minimum atomic E-state index is -0.306. The third-order valence-corrected chi connectivity index (χ3v) is 7.51. The summed E-state index contributed by atoms with van der Waals surface area (Å²) in [6.07, 6.45) is 8.00. The summed E-state index contributed by atoms with van der Waals surface area (Å²) in [7, 11) is 3.01. The Labute approximate surface area is 214 Å². The van der Waals surface area contributed by atoms with E-state index in [1.165, 1.54) is 19.2 Å². The molecule has 1 aliphatic heterocycles. The summed E-state index contributed by atoms with van der Waals surface area (Å²) >= 11 is 0. The minimum absolute atomic E-state index is 0.0164. The van der Waals surface area contributed by atoms with E-state index in [2.05, 4.69) is 20.8 Å². The third kappa shape index (κ3) is 4.98. The fourth-order valence-corrected chi connectivity index (χ4v) is 5.71. The third-order valence-electron chi connectivity index (χ3n) is 7.51. The van der Waals surface area contributed by atoms with Crippen molar-refractivity contribution in [2.45, 2.75) is 50.6 Å². The van der Waals surface area contributed by atoms with Gasteiger partial charge >= 0.3 is 0 Å². The van der Waals surface area contributed by atoms with Crippen molar-refractivity contribution in [3.05, 3.63) is 59.7 Å². The van der Waals surface area contributed by atoms with E-state index in [9.17, 15) is 14.0 Å². The molecule has 2 amide bonds. The lowest BCUT2D eigenvalue weighted by molar-refractivity contribution is -0.136. The Morgan fingerprint density at radius 1 is 1.11 bits per heavy atom. The summed E-state index contributed by atoms with van der Waals surface area (Å²) in [6, 6.07) is 8.38. The highest BCUT2D eigenvalue weighted by atomic mass is 19.1. The standard InChI is InChI=1S/C27H32FN5O4/c1-36-24-12-9-18(28)15-20(24)22-5-3-13-32(22)23-6-4-14-33-25(23)21(16-29-33)27(35)30-19-10-7-17(8-11-19)26(34)31-37-2/h4,6,9,12,14-17,19,22H,3,5,7-8,10-11,13H2,1-2H3,(H,30,35)(H,31,34). The first-order valence-electron chi connectivity index (χ1n) is 12.7. The first-order chi connectivity index (χ1) is 18.0. The van der Waals surface area contributed by atoms with Crippen LogP contribution in [0.3, 0.4) is 0 Å². The lowest BCUT2D eigenvalue weighted by Gasteiger charge is -2.29. The van der Waals surface area contributed by atoms with Gasteiger partial charge in [-0.3, -0.25) is 14.4 Å². The summed E-state index contributed by atoms with van der Waals surface area (Å²) in [4.78, 5) is 32.4. The maximum Gasteiger partial charge on any atom is 0.255 e. The Hall–Kier alpha value is -3.66. The van der Waals surface area contributed by atoms with Crippen LogP contribution in [0.25, 0.3) is 5.52 Å². The van der Waals surface area contributed by atoms with Gasteiger partial charge < -0.3 is 15.0 Å². The number of amides is 2. The molecule has 2 fully saturated rings. The zero-order valence-electron chi connectivity index (χ0n) is 21.1. The summed E-state index contributed by atoms with van der Waals surface area (Å²) in [5, 5.41) is 7.59. The van der Waals surface area contributed by atoms with Gasteiger partial charge in [0.1, 0.15) is 17.1 Å². The van der Waals surface area contributed by atoms with Gasteiger partial charge in [0, 0.05) is 30.3 Å². The predicted octanol–water partition coefficient (Wildman–Crippen LogP) is 3.79. The number of anilines is 1. The molecule has 1 unspecified atom stereocenters. The number of carbonyl (C=O) groups excluding carboxylic acids is 2. The quantitative estimate of drug-likeness (QED) is 0.471. The summed E-state index contributed by atoms with van der Waals surface area (Å²) < 4.78 is 21.5. The van der Waals surface area contributed by atoms with Crippen LogP contribution in [0.1, 0.15) is 60.5 Å². The highest BCUT2D eigenvalue weighted by Crippen LogP contribution is 2.42. The van der Waals surface area contributed by atoms with Gasteiger partial charge in [0.15, 0.2) is 0 Å². The molecule has 2 aliphatic rings. The highest BCUT2D eigenvalue weighted by molar-refractivity contribution is 6.04. The molecule has 0 radical (unpaired) electrons. The molecule has 3 heterocycles. The van der Waals surface area contributed by atoms with Crippen LogP contribution in [0.15, 0.2) is 42.7 Å². The fourth-order valence-electron chi connectivity index (χ4n) is 5.71. The number of methoxy groups -OCH3 is 1. The van der Waals surface area contributed by atoms with E-state index in [0.717, 1.165) is 36.2 Å². The number of pyridine rings is 1. The molecule has 9 nitrogen and oxygen atoms in total. The van der Waals surface area contributed by atoms with E-state index < -0.39 is 0 Å². The molecule has 1 saturated carbocycles. The topological polar surface area (TPSA) is 97.2 Å². The van der Waals surface area contributed by atoms with Crippen LogP contribution in [0.4, 0.5) is 10.1 Å². The second-order valence-electron chi connectivity index (χ2n) is 9.67. The number of carbonyl (C=O) groups is 2. The molecule has 0 bridgehead atoms. The zero-order valence-corrected chi connectivity index (χ0v) is 21.1. The van der Waals surface area contributed by atoms with Crippen molar-refractivity contribution in [2.24, 2.45) is 5.92 Å². The van der Waals surface area contributed by atoms with Gasteiger partial charge in [0.2, 0.25) is 5.91 Å². The molecule has 1 aromatic carbocycles. The minimum Gasteiger partial charge on any atom is -0.496 e. The second-order valence-corrected chi connectivity index (χ2v) is 9.67. The first-order valence-corrected chi connectivity index (χ1v) is 12.7. The van der Waals surface area contributed by atoms with Gasteiger partial charge in [-0.25, -0.2) is 14.4 Å². The number of halogens is 1. The molecule has 5 rings (SSSR count). The van der Waals surface area contributed by atoms with Crippen LogP contribution in [0.2, 0.25) is 0 Å². The van der Waals surface area contributed by atoms with Crippen LogP contribution in [-0.2, 0) is 9.63 Å². The molecule has 1 aliphatic carbocycles. The van der Waals surface area contributed by atoms with Crippen molar-refractivity contribution in [1.29, 1.82) is 0 Å². The zero-order chi connectivity index (χ0) is 25.9. The molecule has 10 heteroatoms. The van der Waals surface area contributed by atoms with Gasteiger partial charge in [0.05, 0.1) is 37.7 Å². The van der Waals surface area contributed by atoms with Crippen molar-refractivity contribution in [1.82, 2.24) is 20.4 Å². The maximum atomic E-state index is 14.2. The highest BCUT2D eigenvalue weighted by Gasteiger charge is 2.32.